The molecule has 3 nitrogen and oxygen atoms in total. The van der Waals surface area contributed by atoms with Crippen LogP contribution in [0.2, 0.25) is 0 Å². The molecule has 1 fully saturated rings. The highest BCUT2D eigenvalue weighted by Gasteiger charge is 2.40. The fourth-order valence-corrected chi connectivity index (χ4v) is 2.73. The molecule has 0 spiro atoms. The standard InChI is InChI=1S/C19H34O3/c1-3-5-6-7-8-12-16-21-18(20)13-10-9-11-15-19(14-4-2)17-22-19/h4,14H,3,5-13,15-17H2,1-2H3. The Morgan fingerprint density at radius 1 is 1.09 bits per heavy atom. The number of unbranched alkanes of at least 4 members (excludes halogenated alkanes) is 7. The molecule has 1 unspecified atom stereocenters. The summed E-state index contributed by atoms with van der Waals surface area (Å²) >= 11 is 0. The monoisotopic (exact) mass is 310 g/mol. The first-order valence-corrected chi connectivity index (χ1v) is 9.16. The van der Waals surface area contributed by atoms with Crippen LogP contribution in [0.15, 0.2) is 12.2 Å². The molecule has 22 heavy (non-hydrogen) atoms. The summed E-state index contributed by atoms with van der Waals surface area (Å²) in [5.41, 5.74) is 0.0348. The molecule has 128 valence electrons. The Labute approximate surface area is 136 Å². The second-order valence-corrected chi connectivity index (χ2v) is 6.40. The Balaban J connectivity index is 1.85. The van der Waals surface area contributed by atoms with Gasteiger partial charge in [0.05, 0.1) is 13.2 Å². The molecule has 0 amide bonds. The molecule has 1 heterocycles. The Hall–Kier alpha value is -0.830. The van der Waals surface area contributed by atoms with Crippen molar-refractivity contribution < 1.29 is 14.3 Å². The van der Waals surface area contributed by atoms with Crippen LogP contribution in [0.25, 0.3) is 0 Å². The van der Waals surface area contributed by atoms with Gasteiger partial charge in [0, 0.05) is 6.42 Å². The SMILES string of the molecule is CC=CC1(CCCCCC(=O)OCCCCCCCC)CO1. The van der Waals surface area contributed by atoms with Gasteiger partial charge < -0.3 is 9.47 Å². The van der Waals surface area contributed by atoms with Crippen LogP contribution in [0.4, 0.5) is 0 Å². The molecule has 0 N–H and O–H groups in total. The summed E-state index contributed by atoms with van der Waals surface area (Å²) in [4.78, 5) is 11.6. The molecule has 1 rings (SSSR count). The number of allylic oxidation sites excluding steroid dienone is 1. The lowest BCUT2D eigenvalue weighted by molar-refractivity contribution is -0.143. The van der Waals surface area contributed by atoms with Crippen molar-refractivity contribution in [3.05, 3.63) is 12.2 Å². The van der Waals surface area contributed by atoms with Crippen LogP contribution < -0.4 is 0 Å². The summed E-state index contributed by atoms with van der Waals surface area (Å²) in [6.07, 6.45) is 16.3. The number of rotatable bonds is 14. The second-order valence-electron chi connectivity index (χ2n) is 6.40. The van der Waals surface area contributed by atoms with Crippen LogP contribution in [0.5, 0.6) is 0 Å². The zero-order valence-electron chi connectivity index (χ0n) is 14.6. The van der Waals surface area contributed by atoms with Gasteiger partial charge in [0.25, 0.3) is 0 Å². The molecule has 1 atom stereocenters. The van der Waals surface area contributed by atoms with Crippen LogP contribution >= 0.6 is 0 Å². The van der Waals surface area contributed by atoms with E-state index >= 15 is 0 Å². The van der Waals surface area contributed by atoms with Crippen molar-refractivity contribution in [3.8, 4) is 0 Å². The number of ether oxygens (including phenoxy) is 2. The summed E-state index contributed by atoms with van der Waals surface area (Å²) < 4.78 is 10.8. The van der Waals surface area contributed by atoms with Gasteiger partial charge in [-0.2, -0.15) is 0 Å². The third-order valence-electron chi connectivity index (χ3n) is 4.23. The lowest BCUT2D eigenvalue weighted by Crippen LogP contribution is -2.07. The summed E-state index contributed by atoms with van der Waals surface area (Å²) in [6.45, 7) is 5.71. The van der Waals surface area contributed by atoms with Gasteiger partial charge in [-0.3, -0.25) is 4.79 Å². The van der Waals surface area contributed by atoms with Gasteiger partial charge in [-0.15, -0.1) is 0 Å². The van der Waals surface area contributed by atoms with Crippen molar-refractivity contribution >= 4 is 5.97 Å². The van der Waals surface area contributed by atoms with E-state index < -0.39 is 0 Å². The van der Waals surface area contributed by atoms with Crippen LogP contribution in [-0.2, 0) is 14.3 Å². The van der Waals surface area contributed by atoms with E-state index in [1.54, 1.807) is 0 Å². The van der Waals surface area contributed by atoms with Gasteiger partial charge in [0.2, 0.25) is 0 Å². The van der Waals surface area contributed by atoms with Crippen molar-refractivity contribution in [1.82, 2.24) is 0 Å². The highest BCUT2D eigenvalue weighted by molar-refractivity contribution is 5.69. The Morgan fingerprint density at radius 3 is 2.45 bits per heavy atom. The van der Waals surface area contributed by atoms with E-state index in [1.165, 1.54) is 32.1 Å². The van der Waals surface area contributed by atoms with Gasteiger partial charge >= 0.3 is 5.97 Å². The molecule has 0 saturated carbocycles. The Morgan fingerprint density at radius 2 is 1.77 bits per heavy atom. The first kappa shape index (κ1) is 19.2. The maximum atomic E-state index is 11.6. The third kappa shape index (κ3) is 9.24. The second kappa shape index (κ2) is 11.7. The lowest BCUT2D eigenvalue weighted by Gasteiger charge is -2.07. The molecular weight excluding hydrogens is 276 g/mol. The van der Waals surface area contributed by atoms with E-state index in [-0.39, 0.29) is 11.6 Å². The first-order chi connectivity index (χ1) is 10.7. The predicted octanol–water partition coefficient (Wildman–Crippen LogP) is 5.19. The van der Waals surface area contributed by atoms with E-state index in [1.807, 2.05) is 6.92 Å². The smallest absolute Gasteiger partial charge is 0.305 e. The maximum absolute atomic E-state index is 11.6. The normalized spacial score (nSPS) is 20.5. The van der Waals surface area contributed by atoms with Crippen LogP contribution in [-0.4, -0.2) is 24.8 Å². The molecule has 1 aliphatic heterocycles. The highest BCUT2D eigenvalue weighted by atomic mass is 16.6. The van der Waals surface area contributed by atoms with Gasteiger partial charge in [0.1, 0.15) is 5.60 Å². The maximum Gasteiger partial charge on any atom is 0.305 e. The Kier molecular flexibility index (Phi) is 10.2. The van der Waals surface area contributed by atoms with Crippen molar-refractivity contribution in [2.75, 3.05) is 13.2 Å². The van der Waals surface area contributed by atoms with E-state index in [0.717, 1.165) is 38.7 Å². The zero-order valence-corrected chi connectivity index (χ0v) is 14.6. The number of carbonyl (C=O) groups excluding carboxylic acids is 1. The number of carbonyl (C=O) groups is 1. The molecule has 0 bridgehead atoms. The Bertz CT molecular complexity index is 319. The molecule has 1 aliphatic rings. The quantitative estimate of drug-likeness (QED) is 0.192. The van der Waals surface area contributed by atoms with Gasteiger partial charge in [-0.25, -0.2) is 0 Å². The van der Waals surface area contributed by atoms with Crippen molar-refractivity contribution in [1.29, 1.82) is 0 Å². The molecule has 0 radical (unpaired) electrons. The average molecular weight is 310 g/mol. The van der Waals surface area contributed by atoms with E-state index in [4.69, 9.17) is 9.47 Å². The molecule has 0 aromatic carbocycles. The minimum Gasteiger partial charge on any atom is -0.466 e. The highest BCUT2D eigenvalue weighted by Crippen LogP contribution is 2.34. The molecule has 0 aliphatic carbocycles. The molecule has 0 aromatic rings. The van der Waals surface area contributed by atoms with Gasteiger partial charge in [0.15, 0.2) is 0 Å². The predicted molar refractivity (Wildman–Crippen MR) is 90.9 cm³/mol. The topological polar surface area (TPSA) is 38.8 Å². The molecule has 3 heteroatoms. The molecular formula is C19H34O3. The fourth-order valence-electron chi connectivity index (χ4n) is 2.73. The summed E-state index contributed by atoms with van der Waals surface area (Å²) in [6, 6.07) is 0. The average Bonchev–Trinajstić information content (AvgIpc) is 3.26. The van der Waals surface area contributed by atoms with Gasteiger partial charge in [-0.1, -0.05) is 64.0 Å². The third-order valence-corrected chi connectivity index (χ3v) is 4.23. The zero-order chi connectivity index (χ0) is 16.1. The lowest BCUT2D eigenvalue weighted by atomic mass is 10.0. The number of hydrogen-bond acceptors (Lipinski definition) is 3. The fraction of sp³-hybridized carbons (Fsp3) is 0.842. The summed E-state index contributed by atoms with van der Waals surface area (Å²) in [5.74, 6) is -0.0283. The van der Waals surface area contributed by atoms with E-state index in [2.05, 4.69) is 19.1 Å². The summed E-state index contributed by atoms with van der Waals surface area (Å²) in [7, 11) is 0. The van der Waals surface area contributed by atoms with Crippen LogP contribution in [0, 0.1) is 0 Å². The van der Waals surface area contributed by atoms with E-state index in [0.29, 0.717) is 13.0 Å². The number of esters is 1. The van der Waals surface area contributed by atoms with Crippen molar-refractivity contribution in [2.24, 2.45) is 0 Å². The summed E-state index contributed by atoms with van der Waals surface area (Å²) in [5, 5.41) is 0. The van der Waals surface area contributed by atoms with Crippen molar-refractivity contribution in [3.63, 3.8) is 0 Å². The van der Waals surface area contributed by atoms with Crippen molar-refractivity contribution in [2.45, 2.75) is 90.1 Å². The molecule has 0 aromatic heterocycles. The largest absolute Gasteiger partial charge is 0.466 e. The van der Waals surface area contributed by atoms with Gasteiger partial charge in [-0.05, 0) is 26.2 Å². The molecule has 1 saturated heterocycles. The van der Waals surface area contributed by atoms with Crippen LogP contribution in [0.1, 0.15) is 84.5 Å². The minimum absolute atomic E-state index is 0.0283. The van der Waals surface area contributed by atoms with Crippen LogP contribution in [0.3, 0.4) is 0 Å². The minimum atomic E-state index is -0.0283. The first-order valence-electron chi connectivity index (χ1n) is 9.16. The van der Waals surface area contributed by atoms with E-state index in [9.17, 15) is 4.79 Å². The number of epoxide rings is 1. The number of hydrogen-bond donors (Lipinski definition) is 0.